The highest BCUT2D eigenvalue weighted by molar-refractivity contribution is 7.86. The third kappa shape index (κ3) is 4.36. The fourth-order valence-corrected chi connectivity index (χ4v) is 3.01. The minimum Gasteiger partial charge on any atom is -0.497 e. The molecule has 0 aliphatic heterocycles. The van der Waals surface area contributed by atoms with Crippen molar-refractivity contribution >= 4 is 21.6 Å². The normalized spacial score (nSPS) is 17.2. The predicted octanol–water partition coefficient (Wildman–Crippen LogP) is 3.26. The van der Waals surface area contributed by atoms with Crippen LogP contribution >= 0.6 is 0 Å². The lowest BCUT2D eigenvalue weighted by atomic mass is 9.80. The van der Waals surface area contributed by atoms with Gasteiger partial charge < -0.3 is 4.74 Å². The van der Waals surface area contributed by atoms with E-state index in [9.17, 15) is 13.2 Å². The summed E-state index contributed by atoms with van der Waals surface area (Å²) in [7, 11) is -2.65. The van der Waals surface area contributed by atoms with Crippen LogP contribution in [0.25, 0.3) is 0 Å². The summed E-state index contributed by atoms with van der Waals surface area (Å²) < 4.78 is 34.4. The van der Waals surface area contributed by atoms with E-state index in [1.54, 1.807) is 25.1 Å². The molecule has 1 aromatic carbocycles. The maximum Gasteiger partial charge on any atom is 0.358 e. The maximum atomic E-state index is 12.3. The molecule has 0 heterocycles. The van der Waals surface area contributed by atoms with Crippen LogP contribution in [0.1, 0.15) is 27.7 Å². The number of hydrogen-bond acceptors (Lipinski definition) is 6. The Morgan fingerprint density at radius 3 is 2.40 bits per heavy atom. The van der Waals surface area contributed by atoms with Crippen LogP contribution in [0.5, 0.6) is 5.75 Å². The van der Waals surface area contributed by atoms with Gasteiger partial charge in [0.2, 0.25) is 0 Å². The van der Waals surface area contributed by atoms with Gasteiger partial charge in [-0.2, -0.15) is 8.42 Å². The number of ketones is 1. The number of benzene rings is 1. The van der Waals surface area contributed by atoms with Crippen molar-refractivity contribution in [1.82, 2.24) is 0 Å². The number of hydrogen-bond donors (Lipinski definition) is 0. The lowest BCUT2D eigenvalue weighted by Gasteiger charge is -2.23. The van der Waals surface area contributed by atoms with E-state index in [4.69, 9.17) is 9.02 Å². The number of allylic oxidation sites excluding steroid dienone is 4. The Morgan fingerprint density at radius 2 is 1.80 bits per heavy atom. The summed E-state index contributed by atoms with van der Waals surface area (Å²) in [5, 5.41) is 3.76. The molecule has 0 saturated heterocycles. The molecule has 0 spiro atoms. The van der Waals surface area contributed by atoms with Gasteiger partial charge in [0, 0.05) is 11.6 Å². The average molecular weight is 363 g/mol. The van der Waals surface area contributed by atoms with Crippen molar-refractivity contribution in [1.29, 1.82) is 0 Å². The van der Waals surface area contributed by atoms with E-state index in [0.29, 0.717) is 22.6 Å². The first-order chi connectivity index (χ1) is 11.5. The number of carbonyl (C=O) groups is 1. The molecule has 134 valence electrons. The van der Waals surface area contributed by atoms with Crippen molar-refractivity contribution in [3.8, 4) is 5.75 Å². The molecule has 0 unspecified atom stereocenters. The second kappa shape index (κ2) is 6.84. The summed E-state index contributed by atoms with van der Waals surface area (Å²) >= 11 is 0. The van der Waals surface area contributed by atoms with E-state index in [2.05, 4.69) is 5.16 Å². The third-order valence-corrected chi connectivity index (χ3v) is 4.77. The summed E-state index contributed by atoms with van der Waals surface area (Å²) in [5.41, 5.74) is 0.995. The zero-order valence-electron chi connectivity index (χ0n) is 14.9. The molecule has 6 nitrogen and oxygen atoms in total. The smallest absolute Gasteiger partial charge is 0.358 e. The largest absolute Gasteiger partial charge is 0.497 e. The van der Waals surface area contributed by atoms with Gasteiger partial charge in [0.15, 0.2) is 5.78 Å². The molecule has 0 N–H and O–H groups in total. The number of methoxy groups -OCH3 is 1. The van der Waals surface area contributed by atoms with Crippen molar-refractivity contribution < 1.29 is 22.2 Å². The van der Waals surface area contributed by atoms with Crippen LogP contribution in [0.2, 0.25) is 0 Å². The Morgan fingerprint density at radius 1 is 1.12 bits per heavy atom. The van der Waals surface area contributed by atoms with Gasteiger partial charge in [0.05, 0.1) is 7.11 Å². The van der Waals surface area contributed by atoms with Gasteiger partial charge in [-0.05, 0) is 42.2 Å². The standard InChI is InChI=1S/C18H21NO5S/c1-12-9-17(20)15(18(2,3)4)11-16(12)19-24-25(21,22)14-8-6-7-13(10-14)23-5/h6-11H,1-5H3/b19-16+. The van der Waals surface area contributed by atoms with Gasteiger partial charge in [-0.15, -0.1) is 0 Å². The van der Waals surface area contributed by atoms with Crippen LogP contribution in [0.3, 0.4) is 0 Å². The van der Waals surface area contributed by atoms with Crippen molar-refractivity contribution in [2.45, 2.75) is 32.6 Å². The minimum atomic E-state index is -4.09. The number of carbonyl (C=O) groups excluding carboxylic acids is 1. The first-order valence-corrected chi connectivity index (χ1v) is 9.06. The van der Waals surface area contributed by atoms with Gasteiger partial charge in [-0.3, -0.25) is 9.08 Å². The first kappa shape index (κ1) is 18.9. The SMILES string of the molecule is COc1cccc(S(=O)(=O)O/N=C2\C=C(C(C)(C)C)C(=O)C=C2C)c1. The van der Waals surface area contributed by atoms with Crippen molar-refractivity contribution in [2.24, 2.45) is 10.6 Å². The first-order valence-electron chi connectivity index (χ1n) is 7.65. The molecule has 1 aliphatic carbocycles. The van der Waals surface area contributed by atoms with E-state index in [1.807, 2.05) is 20.8 Å². The molecule has 0 saturated carbocycles. The Labute approximate surface area is 147 Å². The second-order valence-corrected chi connectivity index (χ2v) is 8.21. The molecular weight excluding hydrogens is 342 g/mol. The number of nitrogens with zero attached hydrogens (tertiary/aromatic N) is 1. The summed E-state index contributed by atoms with van der Waals surface area (Å²) in [6, 6.07) is 5.91. The van der Waals surface area contributed by atoms with E-state index in [-0.39, 0.29) is 16.1 Å². The van der Waals surface area contributed by atoms with Gasteiger partial charge in [-0.1, -0.05) is 32.0 Å². The van der Waals surface area contributed by atoms with Gasteiger partial charge in [0.1, 0.15) is 16.4 Å². The zero-order valence-corrected chi connectivity index (χ0v) is 15.7. The number of oxime groups is 1. The Bertz CT molecular complexity index is 886. The molecule has 0 atom stereocenters. The fourth-order valence-electron chi connectivity index (χ4n) is 2.24. The van der Waals surface area contributed by atoms with Gasteiger partial charge >= 0.3 is 10.1 Å². The molecule has 0 bridgehead atoms. The molecule has 0 amide bonds. The van der Waals surface area contributed by atoms with Gasteiger partial charge in [0.25, 0.3) is 0 Å². The van der Waals surface area contributed by atoms with Crippen LogP contribution in [0.15, 0.2) is 57.6 Å². The summed E-state index contributed by atoms with van der Waals surface area (Å²) in [5.74, 6) is 0.284. The van der Waals surface area contributed by atoms with E-state index in [1.165, 1.54) is 25.3 Å². The molecule has 0 aromatic heterocycles. The highest BCUT2D eigenvalue weighted by atomic mass is 32.2. The van der Waals surface area contributed by atoms with E-state index < -0.39 is 10.1 Å². The Hall–Kier alpha value is -2.41. The molecular formula is C18H21NO5S. The minimum absolute atomic E-state index is 0.0651. The summed E-state index contributed by atoms with van der Waals surface area (Å²) in [4.78, 5) is 12.1. The average Bonchev–Trinajstić information content (AvgIpc) is 2.53. The molecule has 25 heavy (non-hydrogen) atoms. The van der Waals surface area contributed by atoms with Crippen molar-refractivity contribution in [3.05, 3.63) is 47.6 Å². The highest BCUT2D eigenvalue weighted by Crippen LogP contribution is 2.30. The molecule has 0 fully saturated rings. The predicted molar refractivity (Wildman–Crippen MR) is 95.0 cm³/mol. The van der Waals surface area contributed by atoms with E-state index >= 15 is 0 Å². The van der Waals surface area contributed by atoms with Crippen molar-refractivity contribution in [2.75, 3.05) is 7.11 Å². The molecule has 2 rings (SSSR count). The molecule has 1 aromatic rings. The monoisotopic (exact) mass is 363 g/mol. The second-order valence-electron chi connectivity index (χ2n) is 6.68. The maximum absolute atomic E-state index is 12.3. The van der Waals surface area contributed by atoms with Crippen LogP contribution in [0.4, 0.5) is 0 Å². The van der Waals surface area contributed by atoms with Crippen LogP contribution < -0.4 is 4.74 Å². The van der Waals surface area contributed by atoms with Crippen LogP contribution in [-0.4, -0.2) is 27.0 Å². The lowest BCUT2D eigenvalue weighted by Crippen LogP contribution is -2.22. The third-order valence-electron chi connectivity index (χ3n) is 3.67. The fraction of sp³-hybridized carbons (Fsp3) is 0.333. The summed E-state index contributed by atoms with van der Waals surface area (Å²) in [6.45, 7) is 7.37. The zero-order chi connectivity index (χ0) is 18.8. The highest BCUT2D eigenvalue weighted by Gasteiger charge is 2.27. The molecule has 7 heteroatoms. The van der Waals surface area contributed by atoms with E-state index in [0.717, 1.165) is 0 Å². The van der Waals surface area contributed by atoms with Crippen LogP contribution in [0, 0.1) is 5.41 Å². The Balaban J connectivity index is 2.34. The topological polar surface area (TPSA) is 82.0 Å². The molecule has 0 radical (unpaired) electrons. The van der Waals surface area contributed by atoms with Crippen LogP contribution in [-0.2, 0) is 19.2 Å². The van der Waals surface area contributed by atoms with Crippen molar-refractivity contribution in [3.63, 3.8) is 0 Å². The number of rotatable bonds is 4. The van der Waals surface area contributed by atoms with Gasteiger partial charge in [-0.25, -0.2) is 0 Å². The molecule has 1 aliphatic rings. The Kier molecular flexibility index (Phi) is 5.17. The quantitative estimate of drug-likeness (QED) is 0.606. The lowest BCUT2D eigenvalue weighted by molar-refractivity contribution is -0.112. The number of ether oxygens (including phenoxy) is 1. The summed E-state index contributed by atoms with van der Waals surface area (Å²) in [6.07, 6.45) is 3.00.